The number of nitrogens with one attached hydrogen (secondary N) is 2. The van der Waals surface area contributed by atoms with Gasteiger partial charge in [0, 0.05) is 28.4 Å². The molecule has 0 aliphatic rings. The smallest absolute Gasteiger partial charge is 0.192 e. The quantitative estimate of drug-likeness (QED) is 0.423. The molecular weight excluding hydrogens is 364 g/mol. The minimum atomic E-state index is -1.80. The molecule has 0 spiro atoms. The van der Waals surface area contributed by atoms with Gasteiger partial charge in [0.25, 0.3) is 0 Å². The van der Waals surface area contributed by atoms with Crippen molar-refractivity contribution in [2.45, 2.75) is 52.4 Å². The Morgan fingerprint density at radius 3 is 2.64 bits per heavy atom. The summed E-state index contributed by atoms with van der Waals surface area (Å²) in [5.74, 6) is 0.870. The zero-order valence-corrected chi connectivity index (χ0v) is 18.5. The van der Waals surface area contributed by atoms with Crippen molar-refractivity contribution in [3.63, 3.8) is 0 Å². The first-order chi connectivity index (χ1) is 13.2. The molecule has 0 saturated heterocycles. The summed E-state index contributed by atoms with van der Waals surface area (Å²) in [5, 5.41) is 1.40. The second-order valence-corrected chi connectivity index (χ2v) is 13.8. The first kappa shape index (κ1) is 18.9. The van der Waals surface area contributed by atoms with E-state index in [0.717, 1.165) is 33.8 Å². The molecule has 28 heavy (non-hydrogen) atoms. The van der Waals surface area contributed by atoms with E-state index in [1.165, 1.54) is 10.9 Å². The van der Waals surface area contributed by atoms with E-state index in [4.69, 9.17) is 4.43 Å². The molecule has 0 saturated carbocycles. The summed E-state index contributed by atoms with van der Waals surface area (Å²) in [6.07, 6.45) is 1.82. The third kappa shape index (κ3) is 3.27. The number of H-pyrrole nitrogens is 2. The maximum atomic E-state index is 6.47. The number of aryl methyl sites for hydroxylation is 1. The Hall–Kier alpha value is -2.44. The van der Waals surface area contributed by atoms with Gasteiger partial charge in [-0.15, -0.1) is 0 Å². The maximum absolute atomic E-state index is 6.47. The van der Waals surface area contributed by atoms with E-state index in [9.17, 15) is 0 Å². The summed E-state index contributed by atoms with van der Waals surface area (Å²) in [4.78, 5) is 15.8. The lowest BCUT2D eigenvalue weighted by Crippen LogP contribution is -2.40. The van der Waals surface area contributed by atoms with E-state index >= 15 is 0 Å². The standard InChI is InChI=1S/C22H28N4OSi/c1-14-24-20-16(10-11-23-21(20)25-14)19-12-17-15(8-7-9-18(17)26-19)13-27-28(5,6)22(2,3)4/h7-12,26H,13H2,1-6H3,(H,23,24,25). The van der Waals surface area contributed by atoms with E-state index in [2.05, 4.69) is 78.1 Å². The minimum Gasteiger partial charge on any atom is -0.413 e. The molecule has 1 aromatic carbocycles. The fourth-order valence-electron chi connectivity index (χ4n) is 3.21. The second-order valence-electron chi connectivity index (χ2n) is 8.99. The van der Waals surface area contributed by atoms with Crippen LogP contribution in [0.1, 0.15) is 32.2 Å². The van der Waals surface area contributed by atoms with Crippen LogP contribution in [-0.2, 0) is 11.0 Å². The van der Waals surface area contributed by atoms with E-state index in [-0.39, 0.29) is 5.04 Å². The third-order valence-electron chi connectivity index (χ3n) is 5.94. The van der Waals surface area contributed by atoms with Gasteiger partial charge in [-0.2, -0.15) is 0 Å². The first-order valence-electron chi connectivity index (χ1n) is 9.72. The number of hydrogen-bond donors (Lipinski definition) is 2. The molecule has 4 aromatic rings. The Kier molecular flexibility index (Phi) is 4.43. The van der Waals surface area contributed by atoms with E-state index in [1.807, 2.05) is 19.2 Å². The van der Waals surface area contributed by atoms with Gasteiger partial charge in [0.05, 0.1) is 6.61 Å². The van der Waals surface area contributed by atoms with Crippen LogP contribution in [0, 0.1) is 6.92 Å². The normalized spacial score (nSPS) is 12.9. The largest absolute Gasteiger partial charge is 0.413 e. The number of fused-ring (bicyclic) bond motifs is 2. The van der Waals surface area contributed by atoms with Gasteiger partial charge in [0.2, 0.25) is 0 Å². The Bertz CT molecular complexity index is 1150. The molecule has 3 aromatic heterocycles. The molecule has 5 nitrogen and oxygen atoms in total. The van der Waals surface area contributed by atoms with Gasteiger partial charge in [-0.25, -0.2) is 9.97 Å². The van der Waals surface area contributed by atoms with Gasteiger partial charge in [-0.1, -0.05) is 32.9 Å². The van der Waals surface area contributed by atoms with Crippen molar-refractivity contribution in [2.75, 3.05) is 0 Å². The molecule has 6 heteroatoms. The highest BCUT2D eigenvalue weighted by atomic mass is 28.4. The molecule has 0 fully saturated rings. The fourth-order valence-corrected chi connectivity index (χ4v) is 4.16. The Morgan fingerprint density at radius 2 is 1.89 bits per heavy atom. The Morgan fingerprint density at radius 1 is 1.11 bits per heavy atom. The van der Waals surface area contributed by atoms with Gasteiger partial charge in [0.15, 0.2) is 14.0 Å². The van der Waals surface area contributed by atoms with Gasteiger partial charge in [-0.3, -0.25) is 0 Å². The van der Waals surface area contributed by atoms with Crippen LogP contribution in [-0.4, -0.2) is 28.3 Å². The Labute approximate surface area is 166 Å². The summed E-state index contributed by atoms with van der Waals surface area (Å²) in [6.45, 7) is 14.0. The summed E-state index contributed by atoms with van der Waals surface area (Å²) in [7, 11) is -1.80. The Balaban J connectivity index is 1.73. The molecular formula is C22H28N4OSi. The molecule has 0 atom stereocenters. The third-order valence-corrected chi connectivity index (χ3v) is 10.4. The monoisotopic (exact) mass is 392 g/mol. The fraction of sp³-hybridized carbons (Fsp3) is 0.364. The number of hydrogen-bond acceptors (Lipinski definition) is 3. The van der Waals surface area contributed by atoms with Crippen LogP contribution >= 0.6 is 0 Å². The van der Waals surface area contributed by atoms with Gasteiger partial charge in [0.1, 0.15) is 11.3 Å². The van der Waals surface area contributed by atoms with Crippen molar-refractivity contribution in [3.05, 3.63) is 47.9 Å². The van der Waals surface area contributed by atoms with Crippen molar-refractivity contribution in [3.8, 4) is 11.3 Å². The van der Waals surface area contributed by atoms with Crippen molar-refractivity contribution in [1.29, 1.82) is 0 Å². The molecule has 0 unspecified atom stereocenters. The van der Waals surface area contributed by atoms with Gasteiger partial charge >= 0.3 is 0 Å². The number of benzene rings is 1. The van der Waals surface area contributed by atoms with Crippen LogP contribution in [0.3, 0.4) is 0 Å². The molecule has 0 amide bonds. The lowest BCUT2D eigenvalue weighted by atomic mass is 10.1. The molecule has 4 rings (SSSR count). The molecule has 0 bridgehead atoms. The molecule has 0 radical (unpaired) electrons. The van der Waals surface area contributed by atoms with Crippen LogP contribution < -0.4 is 0 Å². The average Bonchev–Trinajstić information content (AvgIpc) is 3.21. The van der Waals surface area contributed by atoms with Crippen molar-refractivity contribution in [1.82, 2.24) is 19.9 Å². The zero-order valence-electron chi connectivity index (χ0n) is 17.5. The van der Waals surface area contributed by atoms with Crippen molar-refractivity contribution >= 4 is 30.4 Å². The lowest BCUT2D eigenvalue weighted by molar-refractivity contribution is 0.277. The predicted octanol–water partition coefficient (Wildman–Crippen LogP) is 5.94. The number of rotatable bonds is 4. The molecule has 3 heterocycles. The van der Waals surface area contributed by atoms with Crippen LogP contribution in [0.4, 0.5) is 0 Å². The first-order valence-corrected chi connectivity index (χ1v) is 12.6. The lowest BCUT2D eigenvalue weighted by Gasteiger charge is -2.36. The average molecular weight is 393 g/mol. The highest BCUT2D eigenvalue weighted by molar-refractivity contribution is 6.74. The highest BCUT2D eigenvalue weighted by Crippen LogP contribution is 2.38. The van der Waals surface area contributed by atoms with Crippen molar-refractivity contribution in [2.24, 2.45) is 0 Å². The molecule has 2 N–H and O–H groups in total. The van der Waals surface area contributed by atoms with E-state index < -0.39 is 8.32 Å². The SMILES string of the molecule is Cc1nc2c(-c3cc4c(CO[Si](C)(C)C(C)(C)C)cccc4[nH]3)ccnc2[nH]1. The second kappa shape index (κ2) is 6.57. The van der Waals surface area contributed by atoms with Crippen LogP contribution in [0.15, 0.2) is 36.5 Å². The maximum Gasteiger partial charge on any atom is 0.192 e. The number of pyridine rings is 1. The molecule has 0 aliphatic carbocycles. The van der Waals surface area contributed by atoms with Crippen LogP contribution in [0.2, 0.25) is 18.1 Å². The highest BCUT2D eigenvalue weighted by Gasteiger charge is 2.37. The van der Waals surface area contributed by atoms with Gasteiger partial charge < -0.3 is 14.4 Å². The number of imidazole rings is 1. The van der Waals surface area contributed by atoms with Crippen molar-refractivity contribution < 1.29 is 4.43 Å². The van der Waals surface area contributed by atoms with Crippen LogP contribution in [0.5, 0.6) is 0 Å². The van der Waals surface area contributed by atoms with E-state index in [1.54, 1.807) is 0 Å². The minimum absolute atomic E-state index is 0.199. The summed E-state index contributed by atoms with van der Waals surface area (Å²) in [6, 6.07) is 10.6. The molecule has 0 aliphatic heterocycles. The zero-order chi connectivity index (χ0) is 20.1. The topological polar surface area (TPSA) is 66.6 Å². The number of aromatic nitrogens is 4. The van der Waals surface area contributed by atoms with Gasteiger partial charge in [-0.05, 0) is 48.8 Å². The van der Waals surface area contributed by atoms with Crippen LogP contribution in [0.25, 0.3) is 33.3 Å². The number of nitrogens with zero attached hydrogens (tertiary/aromatic N) is 2. The predicted molar refractivity (Wildman–Crippen MR) is 118 cm³/mol. The number of aromatic amines is 2. The molecule has 146 valence electrons. The summed E-state index contributed by atoms with van der Waals surface area (Å²) >= 11 is 0. The summed E-state index contributed by atoms with van der Waals surface area (Å²) < 4.78 is 6.47. The van der Waals surface area contributed by atoms with E-state index in [0.29, 0.717) is 6.61 Å². The summed E-state index contributed by atoms with van der Waals surface area (Å²) in [5.41, 5.74) is 6.15.